The second kappa shape index (κ2) is 12.1. The summed E-state index contributed by atoms with van der Waals surface area (Å²) in [4.78, 5) is 0. The Morgan fingerprint density at radius 1 is 0.643 bits per heavy atom. The van der Waals surface area contributed by atoms with Gasteiger partial charge in [-0.3, -0.25) is 0 Å². The Labute approximate surface area is 278 Å². The fourth-order valence-corrected chi connectivity index (χ4v) is 9.16. The van der Waals surface area contributed by atoms with Gasteiger partial charge in [-0.25, -0.2) is 0 Å². The first-order chi connectivity index (χ1) is 18.4. The van der Waals surface area contributed by atoms with Crippen molar-refractivity contribution in [1.82, 2.24) is 20.8 Å². The van der Waals surface area contributed by atoms with Crippen molar-refractivity contribution >= 4 is 71.1 Å². The van der Waals surface area contributed by atoms with Crippen LogP contribution in [0.4, 0.5) is 0 Å². The molecule has 0 aromatic rings. The van der Waals surface area contributed by atoms with E-state index in [2.05, 4.69) is 156 Å². The average Bonchev–Trinajstić information content (AvgIpc) is 3.02. The molecule has 2 aliphatic heterocycles. The number of hydrogen-bond donors (Lipinski definition) is 2. The molecule has 0 unspecified atom stereocenters. The van der Waals surface area contributed by atoms with Crippen LogP contribution in [-0.2, 0) is 9.05 Å². The highest BCUT2D eigenvalue weighted by Crippen LogP contribution is 2.46. The number of hydrogen-bond acceptors (Lipinski definition) is 10. The Hall–Kier alpha value is 0.234. The monoisotopic (exact) mass is 690 g/mol. The SMILES string of the molecule is CC1(C)N/C(=C\C(=S)SSC(=S)/C=C2\NC(C)(C)N(O[Si](C)(C)C(C)(C)C)C2(C)C)C(C)(C)N1O[Si](C)(C)C(C)(C)C. The van der Waals surface area contributed by atoms with Gasteiger partial charge in [0.2, 0.25) is 16.6 Å². The van der Waals surface area contributed by atoms with Crippen LogP contribution in [0.3, 0.4) is 0 Å². The summed E-state index contributed by atoms with van der Waals surface area (Å²) in [6, 6.07) is 0. The first kappa shape index (κ1) is 38.4. The fourth-order valence-electron chi connectivity index (χ4n) is 4.66. The van der Waals surface area contributed by atoms with Gasteiger partial charge in [0.15, 0.2) is 0 Å². The van der Waals surface area contributed by atoms with E-state index in [1.54, 1.807) is 0 Å². The van der Waals surface area contributed by atoms with E-state index in [0.29, 0.717) is 0 Å². The van der Waals surface area contributed by atoms with E-state index >= 15 is 0 Å². The summed E-state index contributed by atoms with van der Waals surface area (Å²) in [5.41, 5.74) is 0.618. The molecule has 0 saturated carbocycles. The molecule has 2 aliphatic rings. The molecule has 0 spiro atoms. The van der Waals surface area contributed by atoms with Gasteiger partial charge in [-0.15, -0.1) is 0 Å². The second-order valence-electron chi connectivity index (χ2n) is 16.7. The normalized spacial score (nSPS) is 24.6. The Kier molecular flexibility index (Phi) is 11.1. The van der Waals surface area contributed by atoms with Gasteiger partial charge in [-0.05, 0) is 125 Å². The summed E-state index contributed by atoms with van der Waals surface area (Å²) in [6.45, 7) is 40.1. The maximum Gasteiger partial charge on any atom is 0.220 e. The highest BCUT2D eigenvalue weighted by molar-refractivity contribution is 8.89. The molecular formula is C30H58N4O2S4Si2. The third-order valence-electron chi connectivity index (χ3n) is 9.21. The van der Waals surface area contributed by atoms with E-state index in [-0.39, 0.29) is 32.5 Å². The van der Waals surface area contributed by atoms with Crippen LogP contribution < -0.4 is 10.6 Å². The molecule has 2 fully saturated rings. The molecule has 2 rings (SSSR count). The lowest BCUT2D eigenvalue weighted by molar-refractivity contribution is -0.174. The van der Waals surface area contributed by atoms with Crippen LogP contribution in [0.2, 0.25) is 36.3 Å². The predicted molar refractivity (Wildman–Crippen MR) is 199 cm³/mol. The van der Waals surface area contributed by atoms with Crippen LogP contribution >= 0.6 is 46.0 Å². The van der Waals surface area contributed by atoms with Crippen molar-refractivity contribution in [1.29, 1.82) is 0 Å². The third kappa shape index (κ3) is 8.14. The molecule has 242 valence electrons. The summed E-state index contributed by atoms with van der Waals surface area (Å²) in [7, 11) is -1.04. The van der Waals surface area contributed by atoms with Gasteiger partial charge in [0, 0.05) is 11.4 Å². The number of thiocarbonyl (C=S) groups is 2. The summed E-state index contributed by atoms with van der Waals surface area (Å²) >= 11 is 11.7. The zero-order chi connectivity index (χ0) is 33.1. The van der Waals surface area contributed by atoms with Gasteiger partial charge in [0.25, 0.3) is 0 Å². The highest BCUT2D eigenvalue weighted by Gasteiger charge is 2.54. The van der Waals surface area contributed by atoms with E-state index in [1.165, 1.54) is 21.6 Å². The molecule has 0 aromatic carbocycles. The zero-order valence-electron chi connectivity index (χ0n) is 29.5. The van der Waals surface area contributed by atoms with Crippen molar-refractivity contribution in [3.8, 4) is 0 Å². The van der Waals surface area contributed by atoms with Crippen molar-refractivity contribution in [3.05, 3.63) is 23.5 Å². The maximum absolute atomic E-state index is 6.84. The lowest BCUT2D eigenvalue weighted by Crippen LogP contribution is -2.58. The fraction of sp³-hybridized carbons (Fsp3) is 0.800. The van der Waals surface area contributed by atoms with E-state index in [1.807, 2.05) is 0 Å². The van der Waals surface area contributed by atoms with Crippen LogP contribution in [0.25, 0.3) is 0 Å². The van der Waals surface area contributed by atoms with Crippen molar-refractivity contribution in [2.24, 2.45) is 0 Å². The molecule has 0 atom stereocenters. The largest absolute Gasteiger partial charge is 0.368 e. The summed E-state index contributed by atoms with van der Waals surface area (Å²) in [5.74, 6) is 0. The van der Waals surface area contributed by atoms with Gasteiger partial charge < -0.3 is 19.7 Å². The van der Waals surface area contributed by atoms with Crippen molar-refractivity contribution < 1.29 is 9.05 Å². The minimum absolute atomic E-state index is 0.101. The van der Waals surface area contributed by atoms with Crippen molar-refractivity contribution in [3.63, 3.8) is 0 Å². The van der Waals surface area contributed by atoms with Gasteiger partial charge in [-0.1, -0.05) is 66.0 Å². The van der Waals surface area contributed by atoms with Gasteiger partial charge in [-0.2, -0.15) is 10.1 Å². The van der Waals surface area contributed by atoms with Gasteiger partial charge >= 0.3 is 0 Å². The topological polar surface area (TPSA) is 49.0 Å². The smallest absolute Gasteiger partial charge is 0.220 e. The van der Waals surface area contributed by atoms with Crippen LogP contribution in [-0.4, -0.2) is 57.6 Å². The van der Waals surface area contributed by atoms with Crippen molar-refractivity contribution in [2.45, 2.75) is 156 Å². The molecule has 0 amide bonds. The van der Waals surface area contributed by atoms with E-state index in [0.717, 1.165) is 19.8 Å². The summed E-state index contributed by atoms with van der Waals surface area (Å²) in [5, 5.41) is 11.8. The molecule has 2 heterocycles. The van der Waals surface area contributed by atoms with Gasteiger partial charge in [0.1, 0.15) is 11.3 Å². The Morgan fingerprint density at radius 3 is 1.14 bits per heavy atom. The lowest BCUT2D eigenvalue weighted by Gasteiger charge is -2.46. The molecule has 0 radical (unpaired) electrons. The summed E-state index contributed by atoms with van der Waals surface area (Å²) in [6.07, 6.45) is 4.13. The lowest BCUT2D eigenvalue weighted by atomic mass is 10.0. The zero-order valence-corrected chi connectivity index (χ0v) is 34.8. The van der Waals surface area contributed by atoms with E-state index in [9.17, 15) is 0 Å². The predicted octanol–water partition coefficient (Wildman–Crippen LogP) is 9.50. The van der Waals surface area contributed by atoms with Crippen LogP contribution in [0.5, 0.6) is 0 Å². The van der Waals surface area contributed by atoms with Gasteiger partial charge in [0.05, 0.1) is 19.5 Å². The first-order valence-corrected chi connectivity index (χ1v) is 23.6. The number of hydroxylamine groups is 4. The third-order valence-corrected chi connectivity index (χ3v) is 21.1. The minimum Gasteiger partial charge on any atom is -0.368 e. The first-order valence-electron chi connectivity index (χ1n) is 14.8. The molecule has 0 aliphatic carbocycles. The molecular weight excluding hydrogens is 633 g/mol. The molecule has 2 N–H and O–H groups in total. The van der Waals surface area contributed by atoms with E-state index < -0.39 is 16.6 Å². The highest BCUT2D eigenvalue weighted by atomic mass is 33.1. The summed E-state index contributed by atoms with van der Waals surface area (Å²) < 4.78 is 15.2. The average molecular weight is 691 g/mol. The van der Waals surface area contributed by atoms with Crippen LogP contribution in [0, 0.1) is 0 Å². The van der Waals surface area contributed by atoms with Crippen molar-refractivity contribution in [2.75, 3.05) is 0 Å². The molecule has 12 heteroatoms. The van der Waals surface area contributed by atoms with Crippen LogP contribution in [0.1, 0.15) is 96.9 Å². The molecule has 6 nitrogen and oxygen atoms in total. The second-order valence-corrected chi connectivity index (χ2v) is 29.7. The number of nitrogens with one attached hydrogen (secondary N) is 2. The van der Waals surface area contributed by atoms with E-state index in [4.69, 9.17) is 33.5 Å². The van der Waals surface area contributed by atoms with Crippen LogP contribution in [0.15, 0.2) is 23.5 Å². The number of nitrogens with zero attached hydrogens (tertiary/aromatic N) is 2. The quantitative estimate of drug-likeness (QED) is 0.122. The number of rotatable bonds is 6. The standard InChI is InChI=1S/C30H58N4O2S4Si2/c1-25(2,3)41(15,16)35-33-27(7,8)21(31-29(33,11)12)19-23(37)39-40-24(38)20-22-28(9,10)34(30(13,14)32-22)36-42(17,18)26(4,5)6/h19-20,31-32H,1-18H3/b21-19-,22-20-. The molecule has 0 aromatic heterocycles. The Bertz CT molecular complexity index is 1050. The molecule has 42 heavy (non-hydrogen) atoms. The molecule has 2 saturated heterocycles. The minimum atomic E-state index is -2.04. The Balaban J connectivity index is 2.18. The Morgan fingerprint density at radius 2 is 0.905 bits per heavy atom. The maximum atomic E-state index is 6.84. The molecule has 0 bridgehead atoms.